The predicted octanol–water partition coefficient (Wildman–Crippen LogP) is 13.1. The van der Waals surface area contributed by atoms with Crippen molar-refractivity contribution >= 4 is 75.1 Å². The average molecular weight is 621 g/mol. The number of thiophene rings is 1. The van der Waals surface area contributed by atoms with Crippen molar-refractivity contribution < 1.29 is 0 Å². The number of hydrogen-bond acceptors (Lipinski definition) is 1. The predicted molar refractivity (Wildman–Crippen MR) is 205 cm³/mol. The molecule has 10 aromatic rings. The molecule has 0 radical (unpaired) electrons. The highest BCUT2D eigenvalue weighted by Gasteiger charge is 2.15. The van der Waals surface area contributed by atoms with Gasteiger partial charge in [0.15, 0.2) is 0 Å². The zero-order chi connectivity index (χ0) is 31.5. The lowest BCUT2D eigenvalue weighted by Gasteiger charge is -2.09. The summed E-state index contributed by atoms with van der Waals surface area (Å²) in [7, 11) is 0. The molecular weight excluding hydrogens is 589 g/mol. The third-order valence-corrected chi connectivity index (χ3v) is 10.5. The summed E-state index contributed by atoms with van der Waals surface area (Å²) >= 11 is 1.86. The molecule has 224 valence electrons. The van der Waals surface area contributed by atoms with E-state index in [4.69, 9.17) is 0 Å². The Balaban J connectivity index is 0.00000149. The highest BCUT2D eigenvalue weighted by molar-refractivity contribution is 7.25. The van der Waals surface area contributed by atoms with Crippen molar-refractivity contribution in [1.29, 1.82) is 0 Å². The van der Waals surface area contributed by atoms with E-state index in [0.29, 0.717) is 0 Å². The summed E-state index contributed by atoms with van der Waals surface area (Å²) < 4.78 is 5.06. The van der Waals surface area contributed by atoms with E-state index in [1.54, 1.807) is 0 Å². The van der Waals surface area contributed by atoms with Gasteiger partial charge in [-0.05, 0) is 71.3 Å². The number of aromatic amines is 1. The first-order valence-corrected chi connectivity index (χ1v) is 17.2. The van der Waals surface area contributed by atoms with Crippen LogP contribution in [0.25, 0.3) is 91.7 Å². The number of benzene rings is 7. The second kappa shape index (κ2) is 11.0. The maximum absolute atomic E-state index is 3.78. The van der Waals surface area contributed by atoms with Crippen LogP contribution in [0.1, 0.15) is 13.8 Å². The first kappa shape index (κ1) is 27.7. The van der Waals surface area contributed by atoms with Gasteiger partial charge < -0.3 is 9.55 Å². The van der Waals surface area contributed by atoms with E-state index in [1.807, 2.05) is 25.2 Å². The van der Waals surface area contributed by atoms with Gasteiger partial charge in [0.2, 0.25) is 0 Å². The molecule has 0 fully saturated rings. The Labute approximate surface area is 277 Å². The lowest BCUT2D eigenvalue weighted by molar-refractivity contribution is 1.19. The fourth-order valence-electron chi connectivity index (χ4n) is 7.26. The van der Waals surface area contributed by atoms with Crippen LogP contribution in [-0.2, 0) is 0 Å². The summed E-state index contributed by atoms with van der Waals surface area (Å²) in [5.74, 6) is 0. The molecule has 10 rings (SSSR count). The van der Waals surface area contributed by atoms with Gasteiger partial charge in [-0.3, -0.25) is 0 Å². The summed E-state index contributed by atoms with van der Waals surface area (Å²) in [6, 6.07) is 55.4. The van der Waals surface area contributed by atoms with Gasteiger partial charge in [-0.1, -0.05) is 111 Å². The fraction of sp³-hybridized carbons (Fsp3) is 0.0455. The molecule has 7 aromatic carbocycles. The third-order valence-electron chi connectivity index (χ3n) is 9.34. The summed E-state index contributed by atoms with van der Waals surface area (Å²) in [6.45, 7) is 4.00. The number of rotatable bonds is 3. The molecule has 3 heteroatoms. The molecule has 0 atom stereocenters. The monoisotopic (exact) mass is 620 g/mol. The van der Waals surface area contributed by atoms with E-state index in [-0.39, 0.29) is 0 Å². The Kier molecular flexibility index (Phi) is 6.48. The molecule has 0 saturated heterocycles. The Morgan fingerprint density at radius 1 is 0.447 bits per heavy atom. The van der Waals surface area contributed by atoms with Crippen molar-refractivity contribution in [3.63, 3.8) is 0 Å². The fourth-order valence-corrected chi connectivity index (χ4v) is 8.35. The molecule has 47 heavy (non-hydrogen) atoms. The van der Waals surface area contributed by atoms with Crippen LogP contribution in [-0.4, -0.2) is 9.55 Å². The van der Waals surface area contributed by atoms with E-state index in [0.717, 1.165) is 5.52 Å². The zero-order valence-corrected chi connectivity index (χ0v) is 27.1. The van der Waals surface area contributed by atoms with Crippen LogP contribution in [0.3, 0.4) is 0 Å². The largest absolute Gasteiger partial charge is 0.354 e. The zero-order valence-electron chi connectivity index (χ0n) is 26.3. The highest BCUT2D eigenvalue weighted by Crippen LogP contribution is 2.39. The van der Waals surface area contributed by atoms with Crippen LogP contribution >= 0.6 is 11.3 Å². The summed E-state index contributed by atoms with van der Waals surface area (Å²) in [6.07, 6.45) is 0. The molecule has 3 heterocycles. The lowest BCUT2D eigenvalue weighted by Crippen LogP contribution is -1.93. The third kappa shape index (κ3) is 4.31. The van der Waals surface area contributed by atoms with Crippen LogP contribution in [0.2, 0.25) is 0 Å². The van der Waals surface area contributed by atoms with Gasteiger partial charge >= 0.3 is 0 Å². The first-order valence-electron chi connectivity index (χ1n) is 16.4. The second-order valence-electron chi connectivity index (χ2n) is 11.8. The Morgan fingerprint density at radius 3 is 1.89 bits per heavy atom. The molecule has 3 aromatic heterocycles. The number of para-hydroxylation sites is 3. The van der Waals surface area contributed by atoms with Gasteiger partial charge in [-0.15, -0.1) is 11.3 Å². The SMILES string of the molecule is CC.c1cc(-c2ccc3sc4ccccc4c3c2)cc(-c2cccc3c2[nH]c2ccc(-n4c5ccccc5c5ccccc54)cc23)c1. The van der Waals surface area contributed by atoms with Crippen molar-refractivity contribution in [3.8, 4) is 27.9 Å². The van der Waals surface area contributed by atoms with Crippen LogP contribution in [0, 0.1) is 0 Å². The number of fused-ring (bicyclic) bond motifs is 9. The van der Waals surface area contributed by atoms with Gasteiger partial charge in [-0.25, -0.2) is 0 Å². The van der Waals surface area contributed by atoms with Crippen LogP contribution < -0.4 is 0 Å². The molecule has 0 unspecified atom stereocenters. The second-order valence-corrected chi connectivity index (χ2v) is 12.9. The molecular formula is C44H32N2S. The van der Waals surface area contributed by atoms with Crippen molar-refractivity contribution in [2.45, 2.75) is 13.8 Å². The van der Waals surface area contributed by atoms with E-state index >= 15 is 0 Å². The minimum absolute atomic E-state index is 1.15. The van der Waals surface area contributed by atoms with E-state index < -0.39 is 0 Å². The summed E-state index contributed by atoms with van der Waals surface area (Å²) in [5.41, 5.74) is 10.8. The number of H-pyrrole nitrogens is 1. The van der Waals surface area contributed by atoms with Gasteiger partial charge in [0.25, 0.3) is 0 Å². The topological polar surface area (TPSA) is 20.7 Å². The highest BCUT2D eigenvalue weighted by atomic mass is 32.1. The number of nitrogens with one attached hydrogen (secondary N) is 1. The van der Waals surface area contributed by atoms with Gasteiger partial charge in [0, 0.05) is 58.5 Å². The molecule has 2 nitrogen and oxygen atoms in total. The molecule has 0 aliphatic heterocycles. The minimum Gasteiger partial charge on any atom is -0.354 e. The maximum Gasteiger partial charge on any atom is 0.0544 e. The minimum atomic E-state index is 1.15. The Morgan fingerprint density at radius 2 is 1.09 bits per heavy atom. The molecule has 1 N–H and O–H groups in total. The van der Waals surface area contributed by atoms with Crippen LogP contribution in [0.5, 0.6) is 0 Å². The molecule has 0 amide bonds. The van der Waals surface area contributed by atoms with Crippen molar-refractivity contribution in [2.75, 3.05) is 0 Å². The van der Waals surface area contributed by atoms with E-state index in [9.17, 15) is 0 Å². The maximum atomic E-state index is 3.78. The average Bonchev–Trinajstić information content (AvgIpc) is 3.81. The normalized spacial score (nSPS) is 11.6. The molecule has 0 bridgehead atoms. The van der Waals surface area contributed by atoms with Gasteiger partial charge in [-0.2, -0.15) is 0 Å². The Bertz CT molecular complexity index is 2720. The number of aromatic nitrogens is 2. The molecule has 0 aliphatic carbocycles. The van der Waals surface area contributed by atoms with Crippen LogP contribution in [0.15, 0.2) is 152 Å². The van der Waals surface area contributed by atoms with Crippen LogP contribution in [0.4, 0.5) is 0 Å². The summed E-state index contributed by atoms with van der Waals surface area (Å²) in [5, 5.41) is 7.69. The molecule has 0 spiro atoms. The quantitative estimate of drug-likeness (QED) is 0.203. The van der Waals surface area contributed by atoms with Crippen molar-refractivity contribution in [1.82, 2.24) is 9.55 Å². The number of nitrogens with zero attached hydrogens (tertiary/aromatic N) is 1. The lowest BCUT2D eigenvalue weighted by atomic mass is 9.96. The van der Waals surface area contributed by atoms with E-state index in [1.165, 1.54) is 86.2 Å². The number of hydrogen-bond donors (Lipinski definition) is 1. The van der Waals surface area contributed by atoms with Crippen molar-refractivity contribution in [2.24, 2.45) is 0 Å². The van der Waals surface area contributed by atoms with Gasteiger partial charge in [0.05, 0.1) is 16.6 Å². The standard InChI is InChI=1S/C42H26N2S.C2H6/c1-4-16-38-31(11-1)32-12-2-5-17-39(32)44(38)29-20-21-37-35(25-29)34-15-8-14-30(42(34)43-37)28-10-7-9-26(23-28)27-19-22-41-36(24-27)33-13-3-6-18-40(33)45-41;1-2/h1-25,43H;1-2H3. The summed E-state index contributed by atoms with van der Waals surface area (Å²) in [4.78, 5) is 3.78. The van der Waals surface area contributed by atoms with Crippen molar-refractivity contribution in [3.05, 3.63) is 152 Å². The first-order chi connectivity index (χ1) is 23.3. The van der Waals surface area contributed by atoms with E-state index in [2.05, 4.69) is 161 Å². The molecule has 0 saturated carbocycles. The Hall–Kier alpha value is -5.64. The molecule has 0 aliphatic rings. The smallest absolute Gasteiger partial charge is 0.0544 e. The van der Waals surface area contributed by atoms with Gasteiger partial charge in [0.1, 0.15) is 0 Å².